The maximum absolute atomic E-state index is 12.9. The lowest BCUT2D eigenvalue weighted by atomic mass is 9.99. The van der Waals surface area contributed by atoms with Gasteiger partial charge in [0.05, 0.1) is 19.8 Å². The Labute approximate surface area is 434 Å². The molecular weight excluding hydrogens is 921 g/mol. The van der Waals surface area contributed by atoms with Gasteiger partial charge in [-0.25, -0.2) is 4.18 Å². The smallest absolute Gasteiger partial charge is 0.397 e. The van der Waals surface area contributed by atoms with Crippen molar-refractivity contribution >= 4 is 16.4 Å². The molecular formula is C58H106O12S. The summed E-state index contributed by atoms with van der Waals surface area (Å²) in [5.74, 6) is -0.402. The van der Waals surface area contributed by atoms with Crippen LogP contribution in [0.25, 0.3) is 0 Å². The third kappa shape index (κ3) is 42.0. The van der Waals surface area contributed by atoms with E-state index >= 15 is 0 Å². The van der Waals surface area contributed by atoms with Gasteiger partial charge in [-0.05, 0) is 77.0 Å². The first-order valence-electron chi connectivity index (χ1n) is 28.9. The second-order valence-electron chi connectivity index (χ2n) is 19.9. The minimum Gasteiger partial charge on any atom is -0.457 e. The standard InChI is InChI=1S/C58H106O12S/c1-3-5-7-9-11-13-15-17-19-21-23-24-25-26-27-28-29-30-32-34-36-38-40-42-44-46-48-66-50-52(51-67-58-56(62)57(70-71(63,64)65)55(61)53(49-59)69-58)68-54(60)47-45-43-41-39-37-35-33-31-22-20-18-16-14-12-10-8-6-4-2/h15,17,20-23,25-26,52-53,55-59,61-62H,3-14,16,18-19,24,27-51H2,1-2H3,(H,63,64,65)/b17-15-,22-20-,23-21-,26-25-. The molecule has 12 nitrogen and oxygen atoms in total. The first kappa shape index (κ1) is 67.1. The number of aliphatic hydroxyl groups excluding tert-OH is 3. The molecule has 1 aliphatic heterocycles. The zero-order valence-corrected chi connectivity index (χ0v) is 45.9. The summed E-state index contributed by atoms with van der Waals surface area (Å²) < 4.78 is 59.4. The number of esters is 1. The van der Waals surface area contributed by atoms with Crippen molar-refractivity contribution < 1.29 is 56.2 Å². The van der Waals surface area contributed by atoms with Gasteiger partial charge in [0.25, 0.3) is 0 Å². The fraction of sp³-hybridized carbons (Fsp3) is 0.845. The van der Waals surface area contributed by atoms with E-state index in [4.69, 9.17) is 18.9 Å². The molecule has 0 saturated carbocycles. The van der Waals surface area contributed by atoms with E-state index in [1.807, 2.05) is 0 Å². The molecule has 1 aliphatic rings. The largest absolute Gasteiger partial charge is 0.457 e. The van der Waals surface area contributed by atoms with Crippen molar-refractivity contribution in [3.05, 3.63) is 48.6 Å². The van der Waals surface area contributed by atoms with Crippen molar-refractivity contribution in [2.24, 2.45) is 0 Å². The highest BCUT2D eigenvalue weighted by Gasteiger charge is 2.48. The second kappa shape index (κ2) is 49.0. The summed E-state index contributed by atoms with van der Waals surface area (Å²) in [6, 6.07) is 0. The minimum absolute atomic E-state index is 0.0327. The quantitative estimate of drug-likeness (QED) is 0.0196. The molecule has 6 unspecified atom stereocenters. The fourth-order valence-corrected chi connectivity index (χ4v) is 9.30. The molecule has 0 bridgehead atoms. The summed E-state index contributed by atoms with van der Waals surface area (Å²) in [4.78, 5) is 12.9. The van der Waals surface area contributed by atoms with Gasteiger partial charge in [-0.2, -0.15) is 8.42 Å². The summed E-state index contributed by atoms with van der Waals surface area (Å²) in [5.41, 5.74) is 0. The number of carbonyl (C=O) groups excluding carboxylic acids is 1. The van der Waals surface area contributed by atoms with Crippen LogP contribution in [0.1, 0.15) is 251 Å². The highest BCUT2D eigenvalue weighted by atomic mass is 32.3. The molecule has 13 heteroatoms. The van der Waals surface area contributed by atoms with Crippen LogP contribution in [0.4, 0.5) is 0 Å². The molecule has 0 aromatic rings. The normalized spacial score (nSPS) is 19.3. The van der Waals surface area contributed by atoms with Crippen molar-refractivity contribution in [2.75, 3.05) is 26.4 Å². The predicted molar refractivity (Wildman–Crippen MR) is 290 cm³/mol. The Balaban J connectivity index is 2.29. The van der Waals surface area contributed by atoms with Crippen LogP contribution in [0.15, 0.2) is 48.6 Å². The summed E-state index contributed by atoms with van der Waals surface area (Å²) in [6.07, 6.45) is 52.9. The number of hydrogen-bond acceptors (Lipinski definition) is 11. The summed E-state index contributed by atoms with van der Waals surface area (Å²) >= 11 is 0. The molecule has 1 fully saturated rings. The van der Waals surface area contributed by atoms with Crippen molar-refractivity contribution in [1.82, 2.24) is 0 Å². The van der Waals surface area contributed by atoms with Crippen molar-refractivity contribution in [3.63, 3.8) is 0 Å². The van der Waals surface area contributed by atoms with Crippen LogP contribution in [-0.4, -0.2) is 97.5 Å². The van der Waals surface area contributed by atoms with Crippen molar-refractivity contribution in [2.45, 2.75) is 288 Å². The summed E-state index contributed by atoms with van der Waals surface area (Å²) in [7, 11) is -5.07. The van der Waals surface area contributed by atoms with E-state index in [1.165, 1.54) is 167 Å². The van der Waals surface area contributed by atoms with E-state index in [9.17, 15) is 33.1 Å². The van der Waals surface area contributed by atoms with Crippen LogP contribution in [0.5, 0.6) is 0 Å². The molecule has 0 radical (unpaired) electrons. The van der Waals surface area contributed by atoms with Gasteiger partial charge in [-0.1, -0.05) is 217 Å². The van der Waals surface area contributed by atoms with Crippen molar-refractivity contribution in [3.8, 4) is 0 Å². The van der Waals surface area contributed by atoms with Gasteiger partial charge in [-0.3, -0.25) is 9.35 Å². The average Bonchev–Trinajstić information content (AvgIpc) is 3.35. The number of aliphatic hydroxyl groups is 3. The molecule has 4 N–H and O–H groups in total. The monoisotopic (exact) mass is 1030 g/mol. The summed E-state index contributed by atoms with van der Waals surface area (Å²) in [6.45, 7) is 4.00. The highest BCUT2D eigenvalue weighted by molar-refractivity contribution is 7.80. The second-order valence-corrected chi connectivity index (χ2v) is 20.9. The molecule has 1 saturated heterocycles. The van der Waals surface area contributed by atoms with Gasteiger partial charge >= 0.3 is 16.4 Å². The van der Waals surface area contributed by atoms with Crippen LogP contribution in [-0.2, 0) is 38.3 Å². The number of hydrogen-bond donors (Lipinski definition) is 4. The lowest BCUT2D eigenvalue weighted by Crippen LogP contribution is -2.60. The van der Waals surface area contributed by atoms with E-state index < -0.39 is 59.8 Å². The Morgan fingerprint density at radius 3 is 1.37 bits per heavy atom. The van der Waals surface area contributed by atoms with Crippen LogP contribution < -0.4 is 0 Å². The Kier molecular flexibility index (Phi) is 46.3. The molecule has 0 aromatic carbocycles. The average molecular weight is 1030 g/mol. The van der Waals surface area contributed by atoms with E-state index in [-0.39, 0.29) is 19.6 Å². The summed E-state index contributed by atoms with van der Waals surface area (Å²) in [5, 5.41) is 30.8. The maximum Gasteiger partial charge on any atom is 0.397 e. The Bertz CT molecular complexity index is 1420. The molecule has 0 amide bonds. The van der Waals surface area contributed by atoms with Gasteiger partial charge in [0.1, 0.15) is 30.5 Å². The van der Waals surface area contributed by atoms with E-state index in [0.717, 1.165) is 57.8 Å². The topological polar surface area (TPSA) is 178 Å². The van der Waals surface area contributed by atoms with E-state index in [1.54, 1.807) is 0 Å². The Morgan fingerprint density at radius 2 is 0.930 bits per heavy atom. The SMILES string of the molecule is CCCCCCC/C=C\C/C=C\C/C=C\CCCCCCCCCCCCCOCC(COC1OC(CO)C(O)C(OS(=O)(=O)O)C1O)OC(=O)CCCCCCCCC/C=C\CCCCCCCCC. The molecule has 71 heavy (non-hydrogen) atoms. The number of unbranched alkanes of at least 4 members (excludes halogenated alkanes) is 30. The van der Waals surface area contributed by atoms with E-state index in [0.29, 0.717) is 13.0 Å². The maximum atomic E-state index is 12.9. The van der Waals surface area contributed by atoms with E-state index in [2.05, 4.69) is 66.6 Å². The molecule has 416 valence electrons. The van der Waals surface area contributed by atoms with Gasteiger partial charge in [-0.15, -0.1) is 0 Å². The van der Waals surface area contributed by atoms with Crippen LogP contribution in [0, 0.1) is 0 Å². The Hall–Kier alpha value is -1.94. The molecule has 0 aromatic heterocycles. The van der Waals surface area contributed by atoms with Crippen LogP contribution >= 0.6 is 0 Å². The number of ether oxygens (including phenoxy) is 4. The molecule has 1 heterocycles. The lowest BCUT2D eigenvalue weighted by molar-refractivity contribution is -0.301. The lowest BCUT2D eigenvalue weighted by Gasteiger charge is -2.41. The zero-order valence-electron chi connectivity index (χ0n) is 45.0. The highest BCUT2D eigenvalue weighted by Crippen LogP contribution is 2.26. The first-order valence-corrected chi connectivity index (χ1v) is 30.3. The van der Waals surface area contributed by atoms with Gasteiger partial charge in [0.2, 0.25) is 0 Å². The number of rotatable bonds is 51. The predicted octanol–water partition coefficient (Wildman–Crippen LogP) is 14.3. The number of allylic oxidation sites excluding steroid dienone is 8. The van der Waals surface area contributed by atoms with Crippen LogP contribution in [0.3, 0.4) is 0 Å². The molecule has 0 spiro atoms. The van der Waals surface area contributed by atoms with Crippen LogP contribution in [0.2, 0.25) is 0 Å². The molecule has 0 aliphatic carbocycles. The van der Waals surface area contributed by atoms with Gasteiger partial charge < -0.3 is 34.3 Å². The molecule has 1 rings (SSSR count). The zero-order chi connectivity index (χ0) is 51.7. The van der Waals surface area contributed by atoms with Crippen molar-refractivity contribution in [1.29, 1.82) is 0 Å². The number of carbonyl (C=O) groups is 1. The fourth-order valence-electron chi connectivity index (χ4n) is 8.79. The molecule has 6 atom stereocenters. The third-order valence-corrected chi connectivity index (χ3v) is 13.6. The third-order valence-electron chi connectivity index (χ3n) is 13.2. The minimum atomic E-state index is -5.07. The van der Waals surface area contributed by atoms with Gasteiger partial charge in [0.15, 0.2) is 6.29 Å². The first-order chi connectivity index (χ1) is 34.6. The van der Waals surface area contributed by atoms with Gasteiger partial charge in [0, 0.05) is 13.0 Å². The Morgan fingerprint density at radius 1 is 0.535 bits per heavy atom.